The highest BCUT2D eigenvalue weighted by atomic mass is 32.1. The van der Waals surface area contributed by atoms with Crippen molar-refractivity contribution in [3.05, 3.63) is 40.3 Å². The Bertz CT molecular complexity index is 680. The van der Waals surface area contributed by atoms with E-state index in [2.05, 4.69) is 15.5 Å². The van der Waals surface area contributed by atoms with Gasteiger partial charge in [0.15, 0.2) is 0 Å². The molecule has 0 spiro atoms. The predicted molar refractivity (Wildman–Crippen MR) is 69.1 cm³/mol. The second-order valence-electron chi connectivity index (χ2n) is 3.77. The molecule has 0 aliphatic heterocycles. The molecule has 2 rings (SSSR count). The fourth-order valence-electron chi connectivity index (χ4n) is 1.40. The summed E-state index contributed by atoms with van der Waals surface area (Å²) >= 11 is 1.07. The summed E-state index contributed by atoms with van der Waals surface area (Å²) in [5.74, 6) is -2.68. The van der Waals surface area contributed by atoms with Crippen LogP contribution in [0.2, 0.25) is 0 Å². The van der Waals surface area contributed by atoms with Crippen molar-refractivity contribution in [2.24, 2.45) is 5.10 Å². The van der Waals surface area contributed by atoms with Crippen molar-refractivity contribution in [2.75, 3.05) is 11.2 Å². The molecule has 112 valence electrons. The Balaban J connectivity index is 2.27. The van der Waals surface area contributed by atoms with Crippen LogP contribution in [0.1, 0.15) is 11.1 Å². The van der Waals surface area contributed by atoms with Gasteiger partial charge in [-0.2, -0.15) is 18.3 Å². The molecule has 0 aliphatic rings. The van der Waals surface area contributed by atoms with E-state index in [4.69, 9.17) is 5.73 Å². The summed E-state index contributed by atoms with van der Waals surface area (Å²) in [6.07, 6.45) is -4.31. The van der Waals surface area contributed by atoms with E-state index in [0.29, 0.717) is 18.3 Å². The van der Waals surface area contributed by atoms with Crippen LogP contribution in [0.3, 0.4) is 0 Å². The SMILES string of the molecule is Nc1csc(NN=Cc2c(F)ccc(C(F)(F)F)c2F)n1. The lowest BCUT2D eigenvalue weighted by atomic mass is 10.1. The van der Waals surface area contributed by atoms with E-state index in [-0.39, 0.29) is 10.9 Å². The Hall–Kier alpha value is -2.23. The van der Waals surface area contributed by atoms with Crippen molar-refractivity contribution in [1.29, 1.82) is 0 Å². The average Bonchev–Trinajstić information content (AvgIpc) is 2.77. The van der Waals surface area contributed by atoms with Crippen molar-refractivity contribution in [3.8, 4) is 0 Å². The molecule has 0 bridgehead atoms. The maximum absolute atomic E-state index is 13.6. The third-order valence-electron chi connectivity index (χ3n) is 2.31. The summed E-state index contributed by atoms with van der Waals surface area (Å²) in [5, 5.41) is 5.16. The number of aromatic nitrogens is 1. The summed E-state index contributed by atoms with van der Waals surface area (Å²) in [7, 11) is 0. The monoisotopic (exact) mass is 322 g/mol. The van der Waals surface area contributed by atoms with Gasteiger partial charge in [0.25, 0.3) is 0 Å². The highest BCUT2D eigenvalue weighted by Crippen LogP contribution is 2.32. The molecule has 2 aromatic rings. The Labute approximate surface area is 119 Å². The van der Waals surface area contributed by atoms with Crippen LogP contribution in [0.25, 0.3) is 0 Å². The molecule has 0 fully saturated rings. The molecule has 0 unspecified atom stereocenters. The second kappa shape index (κ2) is 5.64. The van der Waals surface area contributed by atoms with Crippen molar-refractivity contribution in [1.82, 2.24) is 4.98 Å². The van der Waals surface area contributed by atoms with Crippen LogP contribution in [0.4, 0.5) is 32.9 Å². The number of thiazole rings is 1. The zero-order valence-electron chi connectivity index (χ0n) is 10.1. The fraction of sp³-hybridized carbons (Fsp3) is 0.0909. The topological polar surface area (TPSA) is 63.3 Å². The minimum Gasteiger partial charge on any atom is -0.383 e. The molecule has 1 aromatic heterocycles. The van der Waals surface area contributed by atoms with Gasteiger partial charge in [-0.3, -0.25) is 5.43 Å². The molecule has 0 aliphatic carbocycles. The molecule has 1 aromatic carbocycles. The van der Waals surface area contributed by atoms with E-state index in [1.807, 2.05) is 0 Å². The quantitative estimate of drug-likeness (QED) is 0.517. The smallest absolute Gasteiger partial charge is 0.383 e. The lowest BCUT2D eigenvalue weighted by molar-refractivity contribution is -0.140. The summed E-state index contributed by atoms with van der Waals surface area (Å²) in [5.41, 5.74) is 5.18. The first kappa shape index (κ1) is 15.2. The number of hydrogen-bond acceptors (Lipinski definition) is 5. The molecule has 3 N–H and O–H groups in total. The number of anilines is 2. The summed E-state index contributed by atoms with van der Waals surface area (Å²) in [6, 6.07) is 0.853. The number of rotatable bonds is 3. The van der Waals surface area contributed by atoms with Crippen molar-refractivity contribution >= 4 is 28.5 Å². The Morgan fingerprint density at radius 1 is 1.29 bits per heavy atom. The van der Waals surface area contributed by atoms with Crippen LogP contribution in [-0.2, 0) is 6.18 Å². The maximum atomic E-state index is 13.6. The summed E-state index contributed by atoms with van der Waals surface area (Å²) < 4.78 is 64.6. The van der Waals surface area contributed by atoms with Crippen molar-refractivity contribution in [2.45, 2.75) is 6.18 Å². The van der Waals surface area contributed by atoms with Crippen LogP contribution in [-0.4, -0.2) is 11.2 Å². The lowest BCUT2D eigenvalue weighted by Crippen LogP contribution is -2.11. The van der Waals surface area contributed by atoms with Gasteiger partial charge in [0.2, 0.25) is 5.13 Å². The molecule has 4 nitrogen and oxygen atoms in total. The molecule has 21 heavy (non-hydrogen) atoms. The van der Waals surface area contributed by atoms with Gasteiger partial charge in [-0.1, -0.05) is 0 Å². The number of alkyl halides is 3. The van der Waals surface area contributed by atoms with Crippen molar-refractivity contribution in [3.63, 3.8) is 0 Å². The number of nitrogens with zero attached hydrogens (tertiary/aromatic N) is 2. The molecule has 0 saturated heterocycles. The van der Waals surface area contributed by atoms with E-state index >= 15 is 0 Å². The number of nitrogens with one attached hydrogen (secondary N) is 1. The average molecular weight is 322 g/mol. The van der Waals surface area contributed by atoms with Crippen LogP contribution >= 0.6 is 11.3 Å². The van der Waals surface area contributed by atoms with Gasteiger partial charge in [-0.05, 0) is 12.1 Å². The predicted octanol–water partition coefficient (Wildman–Crippen LogP) is 3.47. The third-order valence-corrected chi connectivity index (χ3v) is 3.07. The van der Waals surface area contributed by atoms with Gasteiger partial charge in [0.05, 0.1) is 17.3 Å². The van der Waals surface area contributed by atoms with Crippen LogP contribution in [0, 0.1) is 11.6 Å². The number of hydrazone groups is 1. The first-order valence-corrected chi connectivity index (χ1v) is 6.22. The second-order valence-corrected chi connectivity index (χ2v) is 4.63. The fourth-order valence-corrected chi connectivity index (χ4v) is 1.94. The van der Waals surface area contributed by atoms with Crippen LogP contribution in [0.5, 0.6) is 0 Å². The Kier molecular flexibility index (Phi) is 4.07. The van der Waals surface area contributed by atoms with Gasteiger partial charge in [-0.15, -0.1) is 11.3 Å². The molecule has 1 heterocycles. The normalized spacial score (nSPS) is 12.0. The van der Waals surface area contributed by atoms with E-state index < -0.39 is 28.9 Å². The Morgan fingerprint density at radius 2 is 2.00 bits per heavy atom. The molecule has 0 radical (unpaired) electrons. The molecule has 10 heteroatoms. The van der Waals surface area contributed by atoms with Gasteiger partial charge < -0.3 is 5.73 Å². The number of hydrogen-bond donors (Lipinski definition) is 2. The zero-order valence-corrected chi connectivity index (χ0v) is 10.9. The largest absolute Gasteiger partial charge is 0.419 e. The zero-order chi connectivity index (χ0) is 15.6. The van der Waals surface area contributed by atoms with E-state index in [9.17, 15) is 22.0 Å². The van der Waals surface area contributed by atoms with Gasteiger partial charge in [-0.25, -0.2) is 13.8 Å². The van der Waals surface area contributed by atoms with E-state index in [0.717, 1.165) is 11.3 Å². The third kappa shape index (κ3) is 3.45. The van der Waals surface area contributed by atoms with Crippen LogP contribution < -0.4 is 11.2 Å². The number of halogens is 5. The van der Waals surface area contributed by atoms with Gasteiger partial charge in [0.1, 0.15) is 17.5 Å². The summed E-state index contributed by atoms with van der Waals surface area (Å²) in [6.45, 7) is 0. The number of nitrogen functional groups attached to an aromatic ring is 1. The standard InChI is InChI=1S/C11H7F5N4S/c12-7-2-1-6(11(14,15)16)9(13)5(7)3-18-20-10-19-8(17)4-21-10/h1-4H,17H2,(H,19,20). The molecular weight excluding hydrogens is 315 g/mol. The lowest BCUT2D eigenvalue weighted by Gasteiger charge is -2.09. The highest BCUT2D eigenvalue weighted by Gasteiger charge is 2.35. The molecular formula is C11H7F5N4S. The van der Waals surface area contributed by atoms with Gasteiger partial charge in [0, 0.05) is 5.38 Å². The minimum atomic E-state index is -4.92. The van der Waals surface area contributed by atoms with Crippen molar-refractivity contribution < 1.29 is 22.0 Å². The highest BCUT2D eigenvalue weighted by molar-refractivity contribution is 7.14. The van der Waals surface area contributed by atoms with E-state index in [1.54, 1.807) is 0 Å². The summed E-state index contributed by atoms with van der Waals surface area (Å²) in [4.78, 5) is 3.75. The van der Waals surface area contributed by atoms with Crippen LogP contribution in [0.15, 0.2) is 22.6 Å². The first-order chi connectivity index (χ1) is 9.79. The maximum Gasteiger partial charge on any atom is 0.419 e. The Morgan fingerprint density at radius 3 is 2.57 bits per heavy atom. The molecule has 0 atom stereocenters. The molecule has 0 amide bonds. The number of nitrogens with two attached hydrogens (primary N) is 1. The molecule has 0 saturated carbocycles. The number of benzene rings is 1. The van der Waals surface area contributed by atoms with E-state index in [1.165, 1.54) is 5.38 Å². The minimum absolute atomic E-state index is 0.217. The first-order valence-electron chi connectivity index (χ1n) is 5.34. The van der Waals surface area contributed by atoms with Gasteiger partial charge >= 0.3 is 6.18 Å².